The molecule has 2 rings (SSSR count). The predicted octanol–water partition coefficient (Wildman–Crippen LogP) is 2.98. The van der Waals surface area contributed by atoms with Crippen LogP contribution in [-0.2, 0) is 16.0 Å². The Morgan fingerprint density at radius 1 is 1.43 bits per heavy atom. The Morgan fingerprint density at radius 3 is 2.81 bits per heavy atom. The highest BCUT2D eigenvalue weighted by Crippen LogP contribution is 2.26. The zero-order chi connectivity index (χ0) is 15.4. The minimum atomic E-state index is -0.910. The normalized spacial score (nSPS) is 22.1. The van der Waals surface area contributed by atoms with Gasteiger partial charge in [-0.05, 0) is 36.5 Å². The van der Waals surface area contributed by atoms with Gasteiger partial charge in [-0.2, -0.15) is 0 Å². The summed E-state index contributed by atoms with van der Waals surface area (Å²) < 4.78 is 0. The van der Waals surface area contributed by atoms with Gasteiger partial charge in [0.1, 0.15) is 6.04 Å². The van der Waals surface area contributed by atoms with E-state index in [9.17, 15) is 14.7 Å². The summed E-state index contributed by atoms with van der Waals surface area (Å²) >= 11 is 5.91. The van der Waals surface area contributed by atoms with E-state index in [-0.39, 0.29) is 12.3 Å². The minimum Gasteiger partial charge on any atom is -0.480 e. The molecule has 1 heterocycles. The maximum absolute atomic E-state index is 12.4. The molecule has 0 bridgehead atoms. The van der Waals surface area contributed by atoms with Crippen molar-refractivity contribution in [2.45, 2.75) is 38.6 Å². The quantitative estimate of drug-likeness (QED) is 0.930. The number of piperidine rings is 1. The maximum Gasteiger partial charge on any atom is 0.326 e. The van der Waals surface area contributed by atoms with Crippen LogP contribution in [0.5, 0.6) is 0 Å². The van der Waals surface area contributed by atoms with E-state index in [1.165, 1.54) is 4.90 Å². The third-order valence-corrected chi connectivity index (χ3v) is 4.37. The van der Waals surface area contributed by atoms with Crippen molar-refractivity contribution in [3.05, 3.63) is 34.9 Å². The number of carbonyl (C=O) groups is 2. The lowest BCUT2D eigenvalue weighted by Gasteiger charge is -2.37. The summed E-state index contributed by atoms with van der Waals surface area (Å²) in [6, 6.07) is 6.42. The molecule has 2 atom stereocenters. The fourth-order valence-corrected chi connectivity index (χ4v) is 3.08. The minimum absolute atomic E-state index is 0.140. The average Bonchev–Trinajstić information content (AvgIpc) is 2.46. The largest absolute Gasteiger partial charge is 0.480 e. The Morgan fingerprint density at radius 2 is 2.19 bits per heavy atom. The molecule has 1 aromatic carbocycles. The van der Waals surface area contributed by atoms with Crippen LogP contribution >= 0.6 is 11.6 Å². The molecule has 114 valence electrons. The van der Waals surface area contributed by atoms with Crippen LogP contribution in [0.25, 0.3) is 0 Å². The molecular formula is C16H20ClNO3. The molecule has 1 amide bonds. The standard InChI is InChI=1S/C16H20ClNO3/c1-2-11-6-7-18(14(9-11)16(20)21)15(19)10-12-4-3-5-13(17)8-12/h3-5,8,11,14H,2,6-7,9-10H2,1H3,(H,20,21). The number of nitrogens with zero attached hydrogens (tertiary/aromatic N) is 1. The number of rotatable bonds is 4. The van der Waals surface area contributed by atoms with Gasteiger partial charge in [0.25, 0.3) is 0 Å². The first kappa shape index (κ1) is 15.8. The summed E-state index contributed by atoms with van der Waals surface area (Å²) in [5.74, 6) is -0.659. The van der Waals surface area contributed by atoms with Gasteiger partial charge >= 0.3 is 5.97 Å². The summed E-state index contributed by atoms with van der Waals surface area (Å²) in [6.45, 7) is 2.59. The van der Waals surface area contributed by atoms with Crippen molar-refractivity contribution in [1.82, 2.24) is 4.90 Å². The fraction of sp³-hybridized carbons (Fsp3) is 0.500. The molecule has 1 N–H and O–H groups in total. The molecule has 0 radical (unpaired) electrons. The van der Waals surface area contributed by atoms with E-state index in [1.54, 1.807) is 18.2 Å². The van der Waals surface area contributed by atoms with Crippen molar-refractivity contribution < 1.29 is 14.7 Å². The Bertz CT molecular complexity index is 532. The zero-order valence-corrected chi connectivity index (χ0v) is 12.8. The van der Waals surface area contributed by atoms with Gasteiger partial charge in [0.2, 0.25) is 5.91 Å². The van der Waals surface area contributed by atoms with Gasteiger partial charge in [-0.1, -0.05) is 37.1 Å². The molecule has 1 aromatic rings. The number of amides is 1. The number of carboxylic acids is 1. The molecule has 0 aromatic heterocycles. The van der Waals surface area contributed by atoms with Crippen molar-refractivity contribution in [3.63, 3.8) is 0 Å². The van der Waals surface area contributed by atoms with E-state index >= 15 is 0 Å². The number of carboxylic acid groups (broad SMARTS) is 1. The number of carbonyl (C=O) groups excluding carboxylic acids is 1. The number of hydrogen-bond donors (Lipinski definition) is 1. The average molecular weight is 310 g/mol. The molecule has 1 saturated heterocycles. The lowest BCUT2D eigenvalue weighted by Crippen LogP contribution is -2.50. The number of likely N-dealkylation sites (tertiary alicyclic amines) is 1. The van der Waals surface area contributed by atoms with E-state index in [2.05, 4.69) is 6.92 Å². The molecule has 1 aliphatic heterocycles. The number of hydrogen-bond acceptors (Lipinski definition) is 2. The molecule has 21 heavy (non-hydrogen) atoms. The number of benzene rings is 1. The van der Waals surface area contributed by atoms with Crippen molar-refractivity contribution in [2.24, 2.45) is 5.92 Å². The van der Waals surface area contributed by atoms with E-state index < -0.39 is 12.0 Å². The Labute approximate surface area is 129 Å². The second-order valence-corrected chi connectivity index (χ2v) is 5.98. The van der Waals surface area contributed by atoms with Crippen molar-refractivity contribution >= 4 is 23.5 Å². The van der Waals surface area contributed by atoms with Gasteiger partial charge in [-0.25, -0.2) is 4.79 Å². The van der Waals surface area contributed by atoms with Crippen LogP contribution < -0.4 is 0 Å². The van der Waals surface area contributed by atoms with Gasteiger partial charge in [-0.3, -0.25) is 4.79 Å². The molecule has 0 saturated carbocycles. The highest BCUT2D eigenvalue weighted by molar-refractivity contribution is 6.30. The first-order valence-electron chi connectivity index (χ1n) is 7.28. The Balaban J connectivity index is 2.08. The molecule has 1 fully saturated rings. The van der Waals surface area contributed by atoms with Crippen LogP contribution in [0, 0.1) is 5.92 Å². The Kier molecular flexibility index (Phi) is 5.23. The fourth-order valence-electron chi connectivity index (χ4n) is 2.86. The van der Waals surface area contributed by atoms with Crippen LogP contribution in [0.3, 0.4) is 0 Å². The summed E-state index contributed by atoms with van der Waals surface area (Å²) in [5.41, 5.74) is 0.814. The van der Waals surface area contributed by atoms with E-state index in [0.717, 1.165) is 18.4 Å². The van der Waals surface area contributed by atoms with Crippen LogP contribution in [-0.4, -0.2) is 34.5 Å². The SMILES string of the molecule is CCC1CCN(C(=O)Cc2cccc(Cl)c2)C(C(=O)O)C1. The number of halogens is 1. The molecular weight excluding hydrogens is 290 g/mol. The van der Waals surface area contributed by atoms with E-state index in [1.807, 2.05) is 6.07 Å². The molecule has 1 aliphatic rings. The predicted molar refractivity (Wildman–Crippen MR) is 81.3 cm³/mol. The lowest BCUT2D eigenvalue weighted by atomic mass is 9.88. The van der Waals surface area contributed by atoms with Crippen molar-refractivity contribution in [3.8, 4) is 0 Å². The van der Waals surface area contributed by atoms with Crippen LogP contribution in [0.1, 0.15) is 31.7 Å². The van der Waals surface area contributed by atoms with Gasteiger partial charge in [0.15, 0.2) is 0 Å². The van der Waals surface area contributed by atoms with Crippen molar-refractivity contribution in [1.29, 1.82) is 0 Å². The smallest absolute Gasteiger partial charge is 0.326 e. The topological polar surface area (TPSA) is 57.6 Å². The number of aliphatic carboxylic acids is 1. The highest BCUT2D eigenvalue weighted by Gasteiger charge is 2.35. The summed E-state index contributed by atoms with van der Waals surface area (Å²) in [7, 11) is 0. The summed E-state index contributed by atoms with van der Waals surface area (Å²) in [4.78, 5) is 25.3. The first-order chi connectivity index (χ1) is 10.0. The van der Waals surface area contributed by atoms with E-state index in [4.69, 9.17) is 11.6 Å². The van der Waals surface area contributed by atoms with E-state index in [0.29, 0.717) is 23.9 Å². The first-order valence-corrected chi connectivity index (χ1v) is 7.65. The van der Waals surface area contributed by atoms with Gasteiger partial charge in [0, 0.05) is 11.6 Å². The van der Waals surface area contributed by atoms with Gasteiger partial charge in [0.05, 0.1) is 6.42 Å². The summed E-state index contributed by atoms with van der Waals surface area (Å²) in [5, 5.41) is 9.95. The van der Waals surface area contributed by atoms with Gasteiger partial charge < -0.3 is 10.0 Å². The highest BCUT2D eigenvalue weighted by atomic mass is 35.5. The van der Waals surface area contributed by atoms with Crippen molar-refractivity contribution in [2.75, 3.05) is 6.54 Å². The zero-order valence-electron chi connectivity index (χ0n) is 12.1. The van der Waals surface area contributed by atoms with Crippen LogP contribution in [0.2, 0.25) is 5.02 Å². The molecule has 2 unspecified atom stereocenters. The molecule has 5 heteroatoms. The second-order valence-electron chi connectivity index (χ2n) is 5.55. The third kappa shape index (κ3) is 3.97. The van der Waals surface area contributed by atoms with Crippen LogP contribution in [0.15, 0.2) is 24.3 Å². The Hall–Kier alpha value is -1.55. The third-order valence-electron chi connectivity index (χ3n) is 4.14. The lowest BCUT2D eigenvalue weighted by molar-refractivity contribution is -0.152. The summed E-state index contributed by atoms with van der Waals surface area (Å²) in [6.07, 6.45) is 2.58. The second kappa shape index (κ2) is 6.94. The monoisotopic (exact) mass is 309 g/mol. The maximum atomic E-state index is 12.4. The molecule has 4 nitrogen and oxygen atoms in total. The van der Waals surface area contributed by atoms with Gasteiger partial charge in [-0.15, -0.1) is 0 Å². The molecule has 0 spiro atoms. The van der Waals surface area contributed by atoms with Crippen LogP contribution in [0.4, 0.5) is 0 Å². The molecule has 0 aliphatic carbocycles.